The molecule has 266 valence electrons. The van der Waals surface area contributed by atoms with Crippen LogP contribution in [0.5, 0.6) is 0 Å². The van der Waals surface area contributed by atoms with Crippen LogP contribution in [0.4, 0.5) is 0 Å². The van der Waals surface area contributed by atoms with Crippen molar-refractivity contribution in [1.82, 2.24) is 25.2 Å². The number of carbonyl (C=O) groups is 3. The quantitative estimate of drug-likeness (QED) is 0.153. The molecule has 5 rings (SSSR count). The Balaban J connectivity index is 1.58. The zero-order chi connectivity index (χ0) is 35.6. The summed E-state index contributed by atoms with van der Waals surface area (Å²) in [5.41, 5.74) is 14.9. The van der Waals surface area contributed by atoms with E-state index in [1.165, 1.54) is 11.8 Å². The van der Waals surface area contributed by atoms with Gasteiger partial charge in [0.1, 0.15) is 5.03 Å². The zero-order valence-corrected chi connectivity index (χ0v) is 30.6. The van der Waals surface area contributed by atoms with E-state index in [0.717, 1.165) is 28.5 Å². The maximum absolute atomic E-state index is 14.4. The number of carbonyl (C=O) groups excluding carboxylic acids is 3. The van der Waals surface area contributed by atoms with Crippen LogP contribution in [0, 0.1) is 5.92 Å². The van der Waals surface area contributed by atoms with Crippen LogP contribution in [0.15, 0.2) is 64.9 Å². The van der Waals surface area contributed by atoms with Crippen molar-refractivity contribution in [3.63, 3.8) is 0 Å². The maximum Gasteiger partial charge on any atom is 0.226 e. The number of benzene rings is 2. The average Bonchev–Trinajstić information content (AvgIpc) is 3.53. The van der Waals surface area contributed by atoms with Crippen molar-refractivity contribution in [1.29, 1.82) is 0 Å². The lowest BCUT2D eigenvalue weighted by atomic mass is 9.89. The number of hydrogen-bond donors (Lipinski definition) is 4. The van der Waals surface area contributed by atoms with Crippen LogP contribution >= 0.6 is 35.0 Å². The molecule has 0 unspecified atom stereocenters. The minimum atomic E-state index is -0.781. The lowest BCUT2D eigenvalue weighted by Gasteiger charge is -2.31. The van der Waals surface area contributed by atoms with E-state index in [0.29, 0.717) is 77.3 Å². The van der Waals surface area contributed by atoms with Gasteiger partial charge in [-0.3, -0.25) is 19.4 Å². The molecule has 4 aromatic rings. The number of hydrogen-bond acceptors (Lipinski definition) is 9. The molecule has 3 heterocycles. The fourth-order valence-electron chi connectivity index (χ4n) is 6.56. The highest BCUT2D eigenvalue weighted by Gasteiger charge is 2.34. The van der Waals surface area contributed by atoms with E-state index in [-0.39, 0.29) is 36.9 Å². The van der Waals surface area contributed by atoms with Crippen LogP contribution < -0.4 is 16.8 Å². The lowest BCUT2D eigenvalue weighted by Crippen LogP contribution is -2.47. The van der Waals surface area contributed by atoms with Crippen molar-refractivity contribution < 1.29 is 14.4 Å². The predicted octanol–water partition coefficient (Wildman–Crippen LogP) is 5.90. The summed E-state index contributed by atoms with van der Waals surface area (Å²) in [5, 5.41) is 5.96. The number of ketones is 2. The van der Waals surface area contributed by atoms with Crippen molar-refractivity contribution in [2.24, 2.45) is 17.4 Å². The minimum Gasteiger partial charge on any atom is -0.361 e. The Morgan fingerprint density at radius 3 is 2.48 bits per heavy atom. The van der Waals surface area contributed by atoms with Gasteiger partial charge in [-0.2, -0.15) is 0 Å². The smallest absolute Gasteiger partial charge is 0.226 e. The molecular weight excluding hydrogens is 693 g/mol. The van der Waals surface area contributed by atoms with E-state index < -0.39 is 18.0 Å². The van der Waals surface area contributed by atoms with E-state index in [2.05, 4.69) is 20.3 Å². The monoisotopic (exact) mass is 737 g/mol. The Morgan fingerprint density at radius 2 is 1.68 bits per heavy atom. The number of Topliss-reactive ketones (excluding diaryl/α,β-unsaturated/α-hetero) is 2. The van der Waals surface area contributed by atoms with Gasteiger partial charge in [0.25, 0.3) is 0 Å². The van der Waals surface area contributed by atoms with Crippen LogP contribution in [-0.2, 0) is 33.8 Å². The fourth-order valence-corrected chi connectivity index (χ4v) is 8.21. The number of likely N-dealkylation sites (N-methyl/N-ethyl adjacent to an activating group) is 1. The molecule has 13 heteroatoms. The maximum atomic E-state index is 14.4. The van der Waals surface area contributed by atoms with E-state index in [1.54, 1.807) is 36.5 Å². The third-order valence-corrected chi connectivity index (χ3v) is 11.4. The third-order valence-electron chi connectivity index (χ3n) is 9.39. The van der Waals surface area contributed by atoms with Crippen molar-refractivity contribution in [2.45, 2.75) is 86.3 Å². The number of aromatic amines is 1. The predicted molar refractivity (Wildman–Crippen MR) is 199 cm³/mol. The third kappa shape index (κ3) is 9.31. The number of para-hydroxylation sites is 1. The molecule has 50 heavy (non-hydrogen) atoms. The summed E-state index contributed by atoms with van der Waals surface area (Å²) in [4.78, 5) is 57.6. The second-order valence-corrected chi connectivity index (χ2v) is 14.6. The van der Waals surface area contributed by atoms with Gasteiger partial charge in [-0.15, -0.1) is 0 Å². The number of amides is 1. The van der Waals surface area contributed by atoms with Gasteiger partial charge in [0.05, 0.1) is 22.8 Å². The summed E-state index contributed by atoms with van der Waals surface area (Å²) < 4.78 is 0. The molecule has 0 bridgehead atoms. The molecule has 1 aliphatic heterocycles. The normalized spacial score (nSPS) is 19.7. The molecule has 6 N–H and O–H groups in total. The lowest BCUT2D eigenvalue weighted by molar-refractivity contribution is -0.143. The number of fused-ring (bicyclic) bond motifs is 3. The van der Waals surface area contributed by atoms with Gasteiger partial charge in [-0.1, -0.05) is 59.6 Å². The van der Waals surface area contributed by atoms with Crippen LogP contribution in [-0.4, -0.2) is 69.5 Å². The fraction of sp³-hybridized carbons (Fsp3) is 0.432. The molecule has 1 aliphatic rings. The first kappa shape index (κ1) is 37.9. The van der Waals surface area contributed by atoms with Crippen molar-refractivity contribution in [2.75, 3.05) is 20.1 Å². The summed E-state index contributed by atoms with van der Waals surface area (Å²) in [6.45, 7) is 1.17. The summed E-state index contributed by atoms with van der Waals surface area (Å²) in [7, 11) is 1.68. The number of rotatable bonds is 9. The number of H-pyrrole nitrogens is 1. The Morgan fingerprint density at radius 1 is 0.920 bits per heavy atom. The number of nitrogens with two attached hydrogens (primary N) is 2. The SMILES string of the molecule is CN1C(=O)[C@H](CCCCN)CC(=O)[C@H](CCCN)NCc2nccnc2Sc2c(Cl)ccc(Cl)c2CCC(=O)[C@@H]1Cc1c[nH]c2ccccc12. The first-order valence-corrected chi connectivity index (χ1v) is 18.7. The second kappa shape index (κ2) is 18.3. The Kier molecular flexibility index (Phi) is 13.8. The number of nitrogens with one attached hydrogen (secondary N) is 2. The van der Waals surface area contributed by atoms with Gasteiger partial charge >= 0.3 is 0 Å². The topological polar surface area (TPSA) is 160 Å². The van der Waals surface area contributed by atoms with Crippen molar-refractivity contribution >= 4 is 63.3 Å². The van der Waals surface area contributed by atoms with E-state index in [4.69, 9.17) is 34.7 Å². The Bertz CT molecular complexity index is 1800. The van der Waals surface area contributed by atoms with Gasteiger partial charge in [-0.25, -0.2) is 4.98 Å². The first-order valence-electron chi connectivity index (χ1n) is 17.2. The molecule has 2 aromatic carbocycles. The van der Waals surface area contributed by atoms with Crippen LogP contribution in [0.2, 0.25) is 10.0 Å². The highest BCUT2D eigenvalue weighted by atomic mass is 35.5. The standard InChI is InChI=1S/C37H45Cl2N7O3S/c1-46-32(19-24-21-44-29-9-3-2-8-25(24)29)33(47)14-11-26-27(38)12-13-28(39)35(26)50-36-31(42-17-18-43-36)22-45-30(10-6-16-41)34(48)20-23(37(46)49)7-4-5-15-40/h2-3,8-9,12-13,17-18,21,23,30,32,44-45H,4-7,10-11,14-16,19-20,22,40-41H2,1H3/t23-,30+,32+/m1/s1. The largest absolute Gasteiger partial charge is 0.361 e. The minimum absolute atomic E-state index is 0.0305. The highest BCUT2D eigenvalue weighted by molar-refractivity contribution is 7.99. The molecule has 10 nitrogen and oxygen atoms in total. The Labute approximate surface area is 307 Å². The molecule has 2 aromatic heterocycles. The molecule has 0 saturated carbocycles. The summed E-state index contributed by atoms with van der Waals surface area (Å²) >= 11 is 14.9. The van der Waals surface area contributed by atoms with Gasteiger partial charge in [0, 0.05) is 78.2 Å². The molecule has 0 aliphatic carbocycles. The Hall–Kier alpha value is -3.32. The van der Waals surface area contributed by atoms with E-state index >= 15 is 0 Å². The van der Waals surface area contributed by atoms with Crippen molar-refractivity contribution in [3.05, 3.63) is 81.9 Å². The second-order valence-electron chi connectivity index (χ2n) is 12.8. The molecule has 0 saturated heterocycles. The van der Waals surface area contributed by atoms with Crippen LogP contribution in [0.3, 0.4) is 0 Å². The van der Waals surface area contributed by atoms with E-state index in [9.17, 15) is 14.4 Å². The molecule has 3 atom stereocenters. The average molecular weight is 739 g/mol. The number of nitrogens with zero attached hydrogens (tertiary/aromatic N) is 3. The summed E-state index contributed by atoms with van der Waals surface area (Å²) in [6.07, 6.45) is 8.90. The summed E-state index contributed by atoms with van der Waals surface area (Å²) in [6, 6.07) is 10.0. The molecular formula is C37H45Cl2N7O3S. The van der Waals surface area contributed by atoms with Gasteiger partial charge in [0.2, 0.25) is 5.91 Å². The highest BCUT2D eigenvalue weighted by Crippen LogP contribution is 2.40. The molecule has 1 amide bonds. The molecule has 0 radical (unpaired) electrons. The number of aromatic nitrogens is 3. The molecule has 0 spiro atoms. The number of halogens is 2. The van der Waals surface area contributed by atoms with Gasteiger partial charge in [0.15, 0.2) is 11.6 Å². The van der Waals surface area contributed by atoms with Crippen LogP contribution in [0.1, 0.15) is 61.8 Å². The van der Waals surface area contributed by atoms with Gasteiger partial charge < -0.3 is 26.7 Å². The van der Waals surface area contributed by atoms with E-state index in [1.807, 2.05) is 30.5 Å². The summed E-state index contributed by atoms with van der Waals surface area (Å²) in [5.74, 6) is -1.05. The van der Waals surface area contributed by atoms with Crippen LogP contribution in [0.25, 0.3) is 10.9 Å². The first-order chi connectivity index (χ1) is 24.2. The number of unbranched alkanes of at least 4 members (excludes halogenated alkanes) is 1. The van der Waals surface area contributed by atoms with Crippen molar-refractivity contribution in [3.8, 4) is 0 Å². The van der Waals surface area contributed by atoms with Gasteiger partial charge in [-0.05, 0) is 74.5 Å². The molecule has 0 fully saturated rings. The zero-order valence-electron chi connectivity index (χ0n) is 28.3.